The van der Waals surface area contributed by atoms with Gasteiger partial charge in [-0.05, 0) is 44.5 Å². The first kappa shape index (κ1) is 17.0. The van der Waals surface area contributed by atoms with Crippen LogP contribution in [0.3, 0.4) is 0 Å². The molecule has 23 heavy (non-hydrogen) atoms. The van der Waals surface area contributed by atoms with Crippen LogP contribution in [0, 0.1) is 0 Å². The maximum absolute atomic E-state index is 12.7. The van der Waals surface area contributed by atoms with Gasteiger partial charge < -0.3 is 14.9 Å². The SMILES string of the molecule is CCCN1CCN(C(=O)c2ccc(C(=O)O)cc2)C(C)(C)C1=O. The summed E-state index contributed by atoms with van der Waals surface area (Å²) in [5.41, 5.74) is -0.389. The van der Waals surface area contributed by atoms with Gasteiger partial charge in [0.25, 0.3) is 5.91 Å². The Morgan fingerprint density at radius 2 is 1.70 bits per heavy atom. The number of carbonyl (C=O) groups is 3. The Morgan fingerprint density at radius 1 is 1.13 bits per heavy atom. The number of nitrogens with zero attached hydrogens (tertiary/aromatic N) is 2. The number of benzene rings is 1. The minimum atomic E-state index is -1.03. The van der Waals surface area contributed by atoms with Crippen LogP contribution in [0.25, 0.3) is 0 Å². The van der Waals surface area contributed by atoms with Crippen LogP contribution in [0.2, 0.25) is 0 Å². The van der Waals surface area contributed by atoms with Crippen LogP contribution in [0.5, 0.6) is 0 Å². The number of carbonyl (C=O) groups excluding carboxylic acids is 2. The highest BCUT2D eigenvalue weighted by atomic mass is 16.4. The Kier molecular flexibility index (Phi) is 4.73. The van der Waals surface area contributed by atoms with Crippen LogP contribution in [-0.2, 0) is 4.79 Å². The van der Waals surface area contributed by atoms with E-state index >= 15 is 0 Å². The zero-order valence-electron chi connectivity index (χ0n) is 13.7. The number of hydrogen-bond acceptors (Lipinski definition) is 3. The van der Waals surface area contributed by atoms with E-state index in [1.807, 2.05) is 6.92 Å². The monoisotopic (exact) mass is 318 g/mol. The van der Waals surface area contributed by atoms with Crippen molar-refractivity contribution in [3.63, 3.8) is 0 Å². The molecule has 1 heterocycles. The molecule has 0 radical (unpaired) electrons. The first-order valence-electron chi connectivity index (χ1n) is 7.73. The molecule has 0 saturated carbocycles. The molecule has 1 fully saturated rings. The number of rotatable bonds is 4. The highest BCUT2D eigenvalue weighted by Crippen LogP contribution is 2.25. The number of amides is 2. The normalized spacial score (nSPS) is 17.3. The summed E-state index contributed by atoms with van der Waals surface area (Å²) in [4.78, 5) is 39.5. The zero-order chi connectivity index (χ0) is 17.2. The summed E-state index contributed by atoms with van der Waals surface area (Å²) in [7, 11) is 0. The fourth-order valence-corrected chi connectivity index (χ4v) is 2.85. The summed E-state index contributed by atoms with van der Waals surface area (Å²) in [5.74, 6) is -1.34. The molecule has 0 unspecified atom stereocenters. The predicted molar refractivity (Wildman–Crippen MR) is 85.4 cm³/mol. The molecule has 0 aliphatic carbocycles. The summed E-state index contributed by atoms with van der Waals surface area (Å²) >= 11 is 0. The van der Waals surface area contributed by atoms with E-state index in [1.54, 1.807) is 23.6 Å². The van der Waals surface area contributed by atoms with E-state index in [-0.39, 0.29) is 17.4 Å². The summed E-state index contributed by atoms with van der Waals surface area (Å²) < 4.78 is 0. The highest BCUT2D eigenvalue weighted by molar-refractivity contribution is 6.00. The van der Waals surface area contributed by atoms with Crippen LogP contribution >= 0.6 is 0 Å². The first-order valence-corrected chi connectivity index (χ1v) is 7.73. The van der Waals surface area contributed by atoms with Crippen molar-refractivity contribution in [2.45, 2.75) is 32.7 Å². The van der Waals surface area contributed by atoms with Crippen molar-refractivity contribution in [2.24, 2.45) is 0 Å². The Balaban J connectivity index is 2.22. The number of hydrogen-bond donors (Lipinski definition) is 1. The van der Waals surface area contributed by atoms with Gasteiger partial charge in [0, 0.05) is 25.2 Å². The van der Waals surface area contributed by atoms with Crippen LogP contribution in [0.4, 0.5) is 0 Å². The third-order valence-corrected chi connectivity index (χ3v) is 4.20. The van der Waals surface area contributed by atoms with Gasteiger partial charge in [-0.15, -0.1) is 0 Å². The minimum absolute atomic E-state index is 0.0545. The van der Waals surface area contributed by atoms with Gasteiger partial charge in [0.05, 0.1) is 5.56 Å². The second-order valence-corrected chi connectivity index (χ2v) is 6.19. The lowest BCUT2D eigenvalue weighted by Crippen LogP contribution is -2.64. The van der Waals surface area contributed by atoms with Crippen molar-refractivity contribution >= 4 is 17.8 Å². The topological polar surface area (TPSA) is 77.9 Å². The predicted octanol–water partition coefficient (Wildman–Crippen LogP) is 1.86. The lowest BCUT2D eigenvalue weighted by atomic mass is 9.95. The van der Waals surface area contributed by atoms with E-state index in [9.17, 15) is 14.4 Å². The Bertz CT molecular complexity index is 622. The molecule has 0 atom stereocenters. The molecule has 1 aromatic rings. The molecular weight excluding hydrogens is 296 g/mol. The molecule has 1 saturated heterocycles. The second-order valence-electron chi connectivity index (χ2n) is 6.19. The van der Waals surface area contributed by atoms with Gasteiger partial charge in [-0.2, -0.15) is 0 Å². The van der Waals surface area contributed by atoms with Gasteiger partial charge in [-0.3, -0.25) is 9.59 Å². The fourth-order valence-electron chi connectivity index (χ4n) is 2.85. The average molecular weight is 318 g/mol. The first-order chi connectivity index (χ1) is 10.8. The lowest BCUT2D eigenvalue weighted by molar-refractivity contribution is -0.146. The number of carboxylic acids is 1. The largest absolute Gasteiger partial charge is 0.478 e. The molecule has 6 heteroatoms. The third-order valence-electron chi connectivity index (χ3n) is 4.20. The van der Waals surface area contributed by atoms with Crippen LogP contribution in [-0.4, -0.2) is 57.9 Å². The second kappa shape index (κ2) is 6.40. The highest BCUT2D eigenvalue weighted by Gasteiger charge is 2.43. The standard InChI is InChI=1S/C17H22N2O4/c1-4-9-18-10-11-19(17(2,3)16(18)23)14(20)12-5-7-13(8-6-12)15(21)22/h5-8H,4,9-11H2,1-3H3,(H,21,22). The molecule has 124 valence electrons. The van der Waals surface area contributed by atoms with Gasteiger partial charge >= 0.3 is 5.97 Å². The van der Waals surface area contributed by atoms with Crippen molar-refractivity contribution in [3.05, 3.63) is 35.4 Å². The van der Waals surface area contributed by atoms with E-state index < -0.39 is 11.5 Å². The number of piperazine rings is 1. The van der Waals surface area contributed by atoms with Crippen LogP contribution < -0.4 is 0 Å². The molecule has 1 aliphatic rings. The number of carboxylic acid groups (broad SMARTS) is 1. The summed E-state index contributed by atoms with van der Waals surface area (Å²) in [5, 5.41) is 8.91. The van der Waals surface area contributed by atoms with Gasteiger partial charge in [0.2, 0.25) is 5.91 Å². The van der Waals surface area contributed by atoms with Gasteiger partial charge in [0.1, 0.15) is 5.54 Å². The maximum Gasteiger partial charge on any atom is 0.335 e. The molecule has 0 spiro atoms. The van der Waals surface area contributed by atoms with Crippen molar-refractivity contribution in [2.75, 3.05) is 19.6 Å². The smallest absolute Gasteiger partial charge is 0.335 e. The Hall–Kier alpha value is -2.37. The van der Waals surface area contributed by atoms with Crippen molar-refractivity contribution in [1.82, 2.24) is 9.80 Å². The Morgan fingerprint density at radius 3 is 2.22 bits per heavy atom. The molecule has 0 bridgehead atoms. The molecule has 2 amide bonds. The van der Waals surface area contributed by atoms with E-state index in [2.05, 4.69) is 0 Å². The summed E-state index contributed by atoms with van der Waals surface area (Å²) in [6.45, 7) is 7.20. The fraction of sp³-hybridized carbons (Fsp3) is 0.471. The zero-order valence-corrected chi connectivity index (χ0v) is 13.7. The third kappa shape index (κ3) is 3.21. The van der Waals surface area contributed by atoms with Gasteiger partial charge in [-0.25, -0.2) is 4.79 Å². The lowest BCUT2D eigenvalue weighted by Gasteiger charge is -2.46. The van der Waals surface area contributed by atoms with Crippen molar-refractivity contribution in [1.29, 1.82) is 0 Å². The molecule has 6 nitrogen and oxygen atoms in total. The van der Waals surface area contributed by atoms with Crippen LogP contribution in [0.1, 0.15) is 47.9 Å². The summed E-state index contributed by atoms with van der Waals surface area (Å²) in [6, 6.07) is 5.78. The molecule has 0 aromatic heterocycles. The van der Waals surface area contributed by atoms with Crippen LogP contribution in [0.15, 0.2) is 24.3 Å². The quantitative estimate of drug-likeness (QED) is 0.919. The van der Waals surface area contributed by atoms with Gasteiger partial charge in [0.15, 0.2) is 0 Å². The van der Waals surface area contributed by atoms with E-state index in [4.69, 9.17) is 5.11 Å². The van der Waals surface area contributed by atoms with E-state index in [1.165, 1.54) is 24.3 Å². The van der Waals surface area contributed by atoms with E-state index in [0.717, 1.165) is 6.42 Å². The van der Waals surface area contributed by atoms with Crippen molar-refractivity contribution in [3.8, 4) is 0 Å². The Labute approximate surface area is 135 Å². The summed E-state index contributed by atoms with van der Waals surface area (Å²) in [6.07, 6.45) is 0.881. The molecule has 1 N–H and O–H groups in total. The molecule has 2 rings (SSSR count). The number of aromatic carboxylic acids is 1. The minimum Gasteiger partial charge on any atom is -0.478 e. The van der Waals surface area contributed by atoms with E-state index in [0.29, 0.717) is 25.2 Å². The molecular formula is C17H22N2O4. The van der Waals surface area contributed by atoms with Crippen molar-refractivity contribution < 1.29 is 19.5 Å². The molecule has 1 aromatic carbocycles. The maximum atomic E-state index is 12.7. The van der Waals surface area contributed by atoms with Gasteiger partial charge in [-0.1, -0.05) is 6.92 Å². The average Bonchev–Trinajstić information content (AvgIpc) is 2.52. The molecule has 1 aliphatic heterocycles.